The lowest BCUT2D eigenvalue weighted by Crippen LogP contribution is -2.58. The van der Waals surface area contributed by atoms with E-state index >= 15 is 0 Å². The molecule has 0 saturated heterocycles. The highest BCUT2D eigenvalue weighted by molar-refractivity contribution is 6.22. The van der Waals surface area contributed by atoms with Crippen LogP contribution in [-0.2, 0) is 20.8 Å². The van der Waals surface area contributed by atoms with Crippen molar-refractivity contribution in [3.05, 3.63) is 58.4 Å². The molecule has 1 amide bonds. The Hall–Kier alpha value is -4.31. The third-order valence-corrected chi connectivity index (χ3v) is 7.70. The van der Waals surface area contributed by atoms with Gasteiger partial charge in [-0.2, -0.15) is 0 Å². The van der Waals surface area contributed by atoms with Gasteiger partial charge in [0.05, 0.1) is 5.56 Å². The van der Waals surface area contributed by atoms with Gasteiger partial charge in [0.1, 0.15) is 28.6 Å². The van der Waals surface area contributed by atoms with Crippen LogP contribution in [0, 0.1) is 11.8 Å². The van der Waals surface area contributed by atoms with Gasteiger partial charge in [0, 0.05) is 43.3 Å². The Morgan fingerprint density at radius 2 is 1.70 bits per heavy atom. The number of ketones is 2. The molecule has 0 aliphatic heterocycles. The molecule has 37 heavy (non-hydrogen) atoms. The molecule has 0 unspecified atom stereocenters. The Kier molecular flexibility index (Phi) is 5.34. The van der Waals surface area contributed by atoms with Gasteiger partial charge in [-0.25, -0.2) is 0 Å². The standard InChI is InChI=1S/C27H26N2O8/c1-29(2)17-10-15(11-3-5-14(30)6-4-11)22(32)20-16(17)8-12-7-13-9-18(31)21(26(28)36)25(35)27(13,37)24(34)19(12)23(20)33/h3-6,10,12-13,30,32-33,35,37H,7-9H2,1-2H3,(H2,28,36)/t12-,13+,27+/m1/s1. The second-order valence-corrected chi connectivity index (χ2v) is 9.99. The van der Waals surface area contributed by atoms with E-state index in [4.69, 9.17) is 5.73 Å². The quantitative estimate of drug-likeness (QED) is 0.339. The van der Waals surface area contributed by atoms with E-state index in [0.29, 0.717) is 22.4 Å². The maximum Gasteiger partial charge on any atom is 0.255 e. The molecule has 192 valence electrons. The summed E-state index contributed by atoms with van der Waals surface area (Å²) in [6.45, 7) is 0. The van der Waals surface area contributed by atoms with Gasteiger partial charge in [-0.05, 0) is 48.1 Å². The fourth-order valence-electron chi connectivity index (χ4n) is 5.93. The molecule has 10 nitrogen and oxygen atoms in total. The number of hydrogen-bond acceptors (Lipinski definition) is 9. The molecule has 1 saturated carbocycles. The highest BCUT2D eigenvalue weighted by atomic mass is 16.3. The summed E-state index contributed by atoms with van der Waals surface area (Å²) in [6.07, 6.45) is -0.0882. The number of Topliss-reactive ketones (excluding diaryl/α,β-unsaturated/α-hetero) is 2. The maximum atomic E-state index is 13.7. The summed E-state index contributed by atoms with van der Waals surface area (Å²) in [5.41, 5.74) is 3.76. The van der Waals surface area contributed by atoms with Crippen molar-refractivity contribution in [3.8, 4) is 22.6 Å². The Morgan fingerprint density at radius 1 is 1.05 bits per heavy atom. The Morgan fingerprint density at radius 3 is 2.30 bits per heavy atom. The summed E-state index contributed by atoms with van der Waals surface area (Å²) in [6, 6.07) is 7.84. The monoisotopic (exact) mass is 506 g/mol. The molecular formula is C27H26N2O8. The van der Waals surface area contributed by atoms with Crippen LogP contribution in [0.15, 0.2) is 47.2 Å². The summed E-state index contributed by atoms with van der Waals surface area (Å²) < 4.78 is 0. The Bertz CT molecular complexity index is 1450. The molecule has 0 bridgehead atoms. The van der Waals surface area contributed by atoms with Crippen molar-refractivity contribution in [1.29, 1.82) is 0 Å². The Balaban J connectivity index is 1.75. The first-order chi connectivity index (χ1) is 17.4. The van der Waals surface area contributed by atoms with Gasteiger partial charge in [0.25, 0.3) is 5.91 Å². The van der Waals surface area contributed by atoms with Gasteiger partial charge in [0.15, 0.2) is 11.4 Å². The molecule has 3 aliphatic carbocycles. The summed E-state index contributed by atoms with van der Waals surface area (Å²) in [5.74, 6) is -6.61. The number of fused-ring (bicyclic) bond motifs is 3. The number of amides is 1. The lowest BCUT2D eigenvalue weighted by atomic mass is 9.59. The Labute approximate surface area is 211 Å². The molecule has 0 heterocycles. The first-order valence-electron chi connectivity index (χ1n) is 11.7. The molecule has 3 aliphatic rings. The number of aliphatic hydroxyl groups is 3. The van der Waals surface area contributed by atoms with E-state index in [1.807, 2.05) is 0 Å². The third kappa shape index (κ3) is 3.32. The van der Waals surface area contributed by atoms with Crippen molar-refractivity contribution in [2.24, 2.45) is 17.6 Å². The van der Waals surface area contributed by atoms with Crippen molar-refractivity contribution in [1.82, 2.24) is 0 Å². The number of primary amides is 1. The number of carbonyl (C=O) groups is 3. The average molecular weight is 507 g/mol. The fourth-order valence-corrected chi connectivity index (χ4v) is 5.93. The van der Waals surface area contributed by atoms with Crippen LogP contribution in [0.5, 0.6) is 11.5 Å². The number of aliphatic hydroxyl groups excluding tert-OH is 2. The smallest absolute Gasteiger partial charge is 0.255 e. The number of nitrogens with two attached hydrogens (primary N) is 1. The highest BCUT2D eigenvalue weighted by Crippen LogP contribution is 2.54. The minimum Gasteiger partial charge on any atom is -0.508 e. The fraction of sp³-hybridized carbons (Fsp3) is 0.296. The van der Waals surface area contributed by atoms with Crippen molar-refractivity contribution in [3.63, 3.8) is 0 Å². The van der Waals surface area contributed by atoms with Crippen LogP contribution in [0.1, 0.15) is 24.0 Å². The van der Waals surface area contributed by atoms with E-state index in [1.54, 1.807) is 37.2 Å². The first-order valence-corrected chi connectivity index (χ1v) is 11.7. The van der Waals surface area contributed by atoms with E-state index in [2.05, 4.69) is 0 Å². The van der Waals surface area contributed by atoms with Crippen LogP contribution in [0.25, 0.3) is 16.9 Å². The number of rotatable bonds is 3. The van der Waals surface area contributed by atoms with Gasteiger partial charge in [-0.1, -0.05) is 12.1 Å². The molecule has 2 aromatic carbocycles. The second kappa shape index (κ2) is 8.10. The molecule has 0 spiro atoms. The normalized spacial score (nSPS) is 24.9. The number of anilines is 1. The lowest BCUT2D eigenvalue weighted by Gasteiger charge is -2.46. The number of carbonyl (C=O) groups excluding carboxylic acids is 3. The van der Waals surface area contributed by atoms with Crippen molar-refractivity contribution < 1.29 is 39.9 Å². The van der Waals surface area contributed by atoms with Crippen molar-refractivity contribution >= 4 is 28.9 Å². The van der Waals surface area contributed by atoms with Crippen molar-refractivity contribution in [2.45, 2.75) is 24.9 Å². The zero-order chi connectivity index (χ0) is 27.0. The average Bonchev–Trinajstić information content (AvgIpc) is 2.82. The van der Waals surface area contributed by atoms with Gasteiger partial charge in [-0.3, -0.25) is 14.4 Å². The largest absolute Gasteiger partial charge is 0.508 e. The molecule has 1 fully saturated rings. The van der Waals surface area contributed by atoms with E-state index in [9.17, 15) is 39.9 Å². The van der Waals surface area contributed by atoms with E-state index in [1.165, 1.54) is 12.1 Å². The zero-order valence-corrected chi connectivity index (χ0v) is 20.1. The van der Waals surface area contributed by atoms with Crippen LogP contribution in [0.2, 0.25) is 0 Å². The molecular weight excluding hydrogens is 480 g/mol. The number of hydrogen-bond donors (Lipinski definition) is 6. The van der Waals surface area contributed by atoms with Crippen LogP contribution in [0.4, 0.5) is 5.69 Å². The van der Waals surface area contributed by atoms with E-state index in [0.717, 1.165) is 0 Å². The summed E-state index contributed by atoms with van der Waals surface area (Å²) >= 11 is 0. The maximum absolute atomic E-state index is 13.7. The van der Waals surface area contributed by atoms with Gasteiger partial charge < -0.3 is 36.2 Å². The number of nitrogens with zero attached hydrogens (tertiary/aromatic N) is 1. The molecule has 3 atom stereocenters. The SMILES string of the molecule is CN(C)c1cc(-c2ccc(O)cc2)c(O)c2c1C[C@H]1C[C@H]3CC(=O)C(C(N)=O)=C(O)[C@@]3(O)C(=O)C1=C2O. The topological polar surface area (TPSA) is 182 Å². The van der Waals surface area contributed by atoms with Crippen LogP contribution in [0.3, 0.4) is 0 Å². The molecule has 2 aromatic rings. The third-order valence-electron chi connectivity index (χ3n) is 7.70. The molecule has 7 N–H and O–H groups in total. The molecule has 0 aromatic heterocycles. The van der Waals surface area contributed by atoms with Gasteiger partial charge in [-0.15, -0.1) is 0 Å². The first kappa shape index (κ1) is 24.4. The highest BCUT2D eigenvalue weighted by Gasteiger charge is 2.60. The van der Waals surface area contributed by atoms with E-state index in [-0.39, 0.29) is 41.9 Å². The molecule has 5 rings (SSSR count). The predicted molar refractivity (Wildman–Crippen MR) is 133 cm³/mol. The minimum absolute atomic E-state index is 0.0152. The summed E-state index contributed by atoms with van der Waals surface area (Å²) in [4.78, 5) is 39.8. The van der Waals surface area contributed by atoms with Crippen LogP contribution >= 0.6 is 0 Å². The van der Waals surface area contributed by atoms with Crippen LogP contribution in [-0.4, -0.2) is 62.7 Å². The van der Waals surface area contributed by atoms with E-state index < -0.39 is 52.0 Å². The number of phenolic OH excluding ortho intramolecular Hbond substituents is 2. The van der Waals surface area contributed by atoms with Gasteiger partial charge >= 0.3 is 0 Å². The van der Waals surface area contributed by atoms with Gasteiger partial charge in [0.2, 0.25) is 5.78 Å². The van der Waals surface area contributed by atoms with Crippen molar-refractivity contribution in [2.75, 3.05) is 19.0 Å². The number of benzene rings is 2. The molecule has 10 heteroatoms. The summed E-state index contributed by atoms with van der Waals surface area (Å²) in [7, 11) is 3.59. The minimum atomic E-state index is -2.61. The number of phenols is 2. The predicted octanol–water partition coefficient (Wildman–Crippen LogP) is 1.86. The summed E-state index contributed by atoms with van der Waals surface area (Å²) in [5, 5.41) is 54.5. The number of aromatic hydroxyl groups is 2. The second-order valence-electron chi connectivity index (χ2n) is 9.99. The molecule has 0 radical (unpaired) electrons. The van der Waals surface area contributed by atoms with Crippen LogP contribution < -0.4 is 10.6 Å². The lowest BCUT2D eigenvalue weighted by molar-refractivity contribution is -0.147. The zero-order valence-electron chi connectivity index (χ0n) is 20.1.